The van der Waals surface area contributed by atoms with E-state index in [9.17, 15) is 14.4 Å². The van der Waals surface area contributed by atoms with Crippen LogP contribution in [0.1, 0.15) is 15.9 Å². The van der Waals surface area contributed by atoms with Crippen LogP contribution in [0.15, 0.2) is 48.5 Å². The third-order valence-corrected chi connectivity index (χ3v) is 4.72. The molecule has 3 amide bonds. The molecule has 2 N–H and O–H groups in total. The van der Waals surface area contributed by atoms with Crippen LogP contribution in [0.5, 0.6) is 5.75 Å². The lowest BCUT2D eigenvalue weighted by Gasteiger charge is -2.35. The molecule has 0 aromatic heterocycles. The molecule has 0 spiro atoms. The van der Waals surface area contributed by atoms with Gasteiger partial charge in [0.25, 0.3) is 11.8 Å². The van der Waals surface area contributed by atoms with E-state index < -0.39 is 6.04 Å². The second-order valence-corrected chi connectivity index (χ2v) is 6.54. The van der Waals surface area contributed by atoms with Crippen molar-refractivity contribution in [2.24, 2.45) is 0 Å². The van der Waals surface area contributed by atoms with Gasteiger partial charge in [0, 0.05) is 25.1 Å². The number of fused-ring (bicyclic) bond motifs is 1. The summed E-state index contributed by atoms with van der Waals surface area (Å²) >= 11 is 0. The quantitative estimate of drug-likeness (QED) is 0.856. The first kappa shape index (κ1) is 17.1. The molecule has 0 radical (unpaired) electrons. The molecule has 1 fully saturated rings. The number of ether oxygens (including phenoxy) is 1. The van der Waals surface area contributed by atoms with Crippen LogP contribution in [0.3, 0.4) is 0 Å². The monoisotopic (exact) mass is 365 g/mol. The average molecular weight is 365 g/mol. The fourth-order valence-electron chi connectivity index (χ4n) is 3.37. The summed E-state index contributed by atoms with van der Waals surface area (Å²) in [5.41, 5.74) is 1.96. The molecule has 2 aliphatic heterocycles. The Balaban J connectivity index is 1.59. The Morgan fingerprint density at radius 3 is 2.78 bits per heavy atom. The maximum absolute atomic E-state index is 13.1. The van der Waals surface area contributed by atoms with Crippen molar-refractivity contribution in [3.05, 3.63) is 59.7 Å². The Bertz CT molecular complexity index is 897. The molecule has 138 valence electrons. The summed E-state index contributed by atoms with van der Waals surface area (Å²) < 4.78 is 5.40. The number of benzene rings is 2. The molecule has 1 atom stereocenters. The number of piperazine rings is 1. The van der Waals surface area contributed by atoms with E-state index in [0.29, 0.717) is 36.5 Å². The minimum Gasteiger partial charge on any atom is -0.482 e. The molecule has 7 heteroatoms. The second-order valence-electron chi connectivity index (χ2n) is 6.54. The van der Waals surface area contributed by atoms with Gasteiger partial charge >= 0.3 is 0 Å². The number of anilines is 1. The van der Waals surface area contributed by atoms with Crippen molar-refractivity contribution in [1.29, 1.82) is 0 Å². The molecular formula is C20H19N3O4. The Morgan fingerprint density at radius 2 is 1.96 bits per heavy atom. The van der Waals surface area contributed by atoms with Crippen molar-refractivity contribution in [2.75, 3.05) is 25.0 Å². The second kappa shape index (κ2) is 7.11. The Kier molecular flexibility index (Phi) is 4.50. The highest BCUT2D eigenvalue weighted by atomic mass is 16.5. The van der Waals surface area contributed by atoms with Gasteiger partial charge < -0.3 is 20.3 Å². The predicted octanol–water partition coefficient (Wildman–Crippen LogP) is 1.20. The molecule has 1 unspecified atom stereocenters. The summed E-state index contributed by atoms with van der Waals surface area (Å²) in [4.78, 5) is 38.5. The van der Waals surface area contributed by atoms with Crippen LogP contribution in [0.4, 0.5) is 5.69 Å². The third kappa shape index (κ3) is 3.48. The van der Waals surface area contributed by atoms with Crippen molar-refractivity contribution in [3.63, 3.8) is 0 Å². The number of nitrogens with one attached hydrogen (secondary N) is 2. The van der Waals surface area contributed by atoms with Crippen LogP contribution in [-0.2, 0) is 16.0 Å². The van der Waals surface area contributed by atoms with E-state index in [1.165, 1.54) is 0 Å². The van der Waals surface area contributed by atoms with Gasteiger partial charge in [-0.1, -0.05) is 30.3 Å². The zero-order chi connectivity index (χ0) is 18.8. The van der Waals surface area contributed by atoms with Gasteiger partial charge in [-0.3, -0.25) is 14.4 Å². The van der Waals surface area contributed by atoms with Crippen LogP contribution in [0.2, 0.25) is 0 Å². The SMILES string of the molecule is O=C1COc2cc(C(=O)N3CCNC(=O)C3Cc3ccccc3)ccc2N1. The lowest BCUT2D eigenvalue weighted by Crippen LogP contribution is -2.58. The fourth-order valence-corrected chi connectivity index (χ4v) is 3.37. The fraction of sp³-hybridized carbons (Fsp3) is 0.250. The summed E-state index contributed by atoms with van der Waals surface area (Å²) in [5.74, 6) is -0.146. The first-order valence-electron chi connectivity index (χ1n) is 8.81. The number of hydrogen-bond donors (Lipinski definition) is 2. The number of amides is 3. The summed E-state index contributed by atoms with van der Waals surface area (Å²) in [7, 11) is 0. The third-order valence-electron chi connectivity index (χ3n) is 4.72. The van der Waals surface area contributed by atoms with Gasteiger partial charge in [-0.05, 0) is 23.8 Å². The van der Waals surface area contributed by atoms with Crippen LogP contribution < -0.4 is 15.4 Å². The highest BCUT2D eigenvalue weighted by molar-refractivity contribution is 6.01. The molecule has 2 aliphatic rings. The van der Waals surface area contributed by atoms with Gasteiger partial charge in [0.1, 0.15) is 11.8 Å². The zero-order valence-corrected chi connectivity index (χ0v) is 14.6. The number of carbonyl (C=O) groups is 3. The molecule has 4 rings (SSSR count). The van der Waals surface area contributed by atoms with E-state index in [4.69, 9.17) is 4.74 Å². The summed E-state index contributed by atoms with van der Waals surface area (Å²) in [6.07, 6.45) is 0.454. The summed E-state index contributed by atoms with van der Waals surface area (Å²) in [5, 5.41) is 5.54. The van der Waals surface area contributed by atoms with Gasteiger partial charge in [-0.25, -0.2) is 0 Å². The van der Waals surface area contributed by atoms with E-state index in [2.05, 4.69) is 10.6 Å². The molecule has 2 heterocycles. The lowest BCUT2D eigenvalue weighted by atomic mass is 10.0. The normalized spacial score (nSPS) is 18.8. The van der Waals surface area contributed by atoms with Crippen molar-refractivity contribution >= 4 is 23.4 Å². The molecule has 27 heavy (non-hydrogen) atoms. The predicted molar refractivity (Wildman–Crippen MR) is 98.5 cm³/mol. The van der Waals surface area contributed by atoms with Gasteiger partial charge in [-0.2, -0.15) is 0 Å². The maximum Gasteiger partial charge on any atom is 0.262 e. The van der Waals surface area contributed by atoms with Crippen molar-refractivity contribution in [1.82, 2.24) is 10.2 Å². The van der Waals surface area contributed by atoms with E-state index in [0.717, 1.165) is 5.56 Å². The van der Waals surface area contributed by atoms with E-state index in [1.54, 1.807) is 23.1 Å². The lowest BCUT2D eigenvalue weighted by molar-refractivity contribution is -0.127. The number of nitrogens with zero attached hydrogens (tertiary/aromatic N) is 1. The van der Waals surface area contributed by atoms with Gasteiger partial charge in [0.2, 0.25) is 5.91 Å². The highest BCUT2D eigenvalue weighted by Crippen LogP contribution is 2.29. The number of hydrogen-bond acceptors (Lipinski definition) is 4. The van der Waals surface area contributed by atoms with Crippen molar-refractivity contribution in [3.8, 4) is 5.75 Å². The molecule has 0 aliphatic carbocycles. The average Bonchev–Trinajstić information content (AvgIpc) is 2.69. The van der Waals surface area contributed by atoms with E-state index in [1.807, 2.05) is 30.3 Å². The standard InChI is InChI=1S/C20H19N3O4/c24-18-12-27-17-11-14(6-7-15(17)22-18)20(26)23-9-8-21-19(25)16(23)10-13-4-2-1-3-5-13/h1-7,11,16H,8-10,12H2,(H,21,25)(H,22,24). The van der Waals surface area contributed by atoms with E-state index in [-0.39, 0.29) is 24.3 Å². The van der Waals surface area contributed by atoms with Gasteiger partial charge in [0.15, 0.2) is 6.61 Å². The molecular weight excluding hydrogens is 346 g/mol. The van der Waals surface area contributed by atoms with Gasteiger partial charge in [0.05, 0.1) is 5.69 Å². The topological polar surface area (TPSA) is 87.7 Å². The van der Waals surface area contributed by atoms with Gasteiger partial charge in [-0.15, -0.1) is 0 Å². The first-order chi connectivity index (χ1) is 13.1. The summed E-state index contributed by atoms with van der Waals surface area (Å²) in [6, 6.07) is 14.0. The minimum atomic E-state index is -0.565. The molecule has 2 aromatic rings. The van der Waals surface area contributed by atoms with Crippen molar-refractivity contribution < 1.29 is 19.1 Å². The van der Waals surface area contributed by atoms with Crippen LogP contribution >= 0.6 is 0 Å². The molecule has 2 aromatic carbocycles. The Morgan fingerprint density at radius 1 is 1.15 bits per heavy atom. The molecule has 7 nitrogen and oxygen atoms in total. The number of carbonyl (C=O) groups excluding carboxylic acids is 3. The van der Waals surface area contributed by atoms with Crippen LogP contribution in [-0.4, -0.2) is 48.4 Å². The van der Waals surface area contributed by atoms with Crippen molar-refractivity contribution in [2.45, 2.75) is 12.5 Å². The smallest absolute Gasteiger partial charge is 0.262 e. The van der Waals surface area contributed by atoms with Crippen LogP contribution in [0, 0.1) is 0 Å². The maximum atomic E-state index is 13.1. The van der Waals surface area contributed by atoms with E-state index >= 15 is 0 Å². The summed E-state index contributed by atoms with van der Waals surface area (Å²) in [6.45, 7) is 0.789. The molecule has 0 bridgehead atoms. The Hall–Kier alpha value is -3.35. The minimum absolute atomic E-state index is 0.0760. The molecule has 0 saturated carbocycles. The van der Waals surface area contributed by atoms with Crippen LogP contribution in [0.25, 0.3) is 0 Å². The zero-order valence-electron chi connectivity index (χ0n) is 14.6. The number of rotatable bonds is 3. The highest BCUT2D eigenvalue weighted by Gasteiger charge is 2.34. The Labute approximate surface area is 156 Å². The molecule has 1 saturated heterocycles. The largest absolute Gasteiger partial charge is 0.482 e. The first-order valence-corrected chi connectivity index (χ1v) is 8.81.